The molecule has 1 aromatic heterocycles. The molecule has 2 N–H and O–H groups in total. The first-order valence-corrected chi connectivity index (χ1v) is 19.2. The molecule has 8 heteroatoms. The molecule has 1 aliphatic heterocycles. The minimum atomic E-state index is -4.44. The third-order valence-electron chi connectivity index (χ3n) is 11.2. The zero-order valence-corrected chi connectivity index (χ0v) is 32.4. The molecule has 0 saturated carbocycles. The summed E-state index contributed by atoms with van der Waals surface area (Å²) in [7, 11) is 2.11. The Morgan fingerprint density at radius 3 is 2.49 bits per heavy atom. The number of halogens is 3. The van der Waals surface area contributed by atoms with Crippen molar-refractivity contribution in [3.8, 4) is 11.8 Å². The van der Waals surface area contributed by atoms with Gasteiger partial charge in [-0.05, 0) is 147 Å². The number of nitrogens with zero attached hydrogens (tertiary/aromatic N) is 2. The molecule has 2 aromatic rings. The second-order valence-electron chi connectivity index (χ2n) is 15.1. The lowest BCUT2D eigenvalue weighted by molar-refractivity contribution is -0.138. The zero-order chi connectivity index (χ0) is 38.9. The molecule has 0 spiro atoms. The number of hydrogen-bond acceptors (Lipinski definition) is 4. The number of rotatable bonds is 11. The second-order valence-corrected chi connectivity index (χ2v) is 15.1. The fraction of sp³-hybridized carbons (Fsp3) is 0.489. The van der Waals surface area contributed by atoms with E-state index in [1.54, 1.807) is 24.4 Å². The number of ketones is 1. The van der Waals surface area contributed by atoms with Crippen molar-refractivity contribution in [1.82, 2.24) is 9.47 Å². The van der Waals surface area contributed by atoms with E-state index in [0.29, 0.717) is 53.4 Å². The molecular weight excluding hydrogens is 670 g/mol. The van der Waals surface area contributed by atoms with Gasteiger partial charge in [0.1, 0.15) is 5.49 Å². The number of carbonyl (C=O) groups excluding carboxylic acids is 1. The van der Waals surface area contributed by atoms with Crippen LogP contribution in [0, 0.1) is 46.3 Å². The van der Waals surface area contributed by atoms with Crippen LogP contribution in [0.3, 0.4) is 0 Å². The fourth-order valence-electron chi connectivity index (χ4n) is 7.64. The quantitative estimate of drug-likeness (QED) is 0.105. The van der Waals surface area contributed by atoms with Crippen LogP contribution in [-0.2, 0) is 30.2 Å². The number of likely N-dealkylation sites (tertiary alicyclic amines) is 1. The maximum absolute atomic E-state index is 14.3. The van der Waals surface area contributed by atoms with Crippen molar-refractivity contribution in [3.63, 3.8) is 0 Å². The molecule has 1 aliphatic carbocycles. The minimum absolute atomic E-state index is 0.00305. The van der Waals surface area contributed by atoms with Gasteiger partial charge >= 0.3 is 6.18 Å². The highest BCUT2D eigenvalue weighted by Crippen LogP contribution is 2.38. The van der Waals surface area contributed by atoms with Crippen LogP contribution >= 0.6 is 0 Å². The summed E-state index contributed by atoms with van der Waals surface area (Å²) >= 11 is 0. The maximum atomic E-state index is 14.3. The summed E-state index contributed by atoms with van der Waals surface area (Å²) in [5, 5.41) is 17.0. The van der Waals surface area contributed by atoms with E-state index in [4.69, 9.17) is 10.8 Å². The average Bonchev–Trinajstić information content (AvgIpc) is 3.36. The number of nitrogens with one attached hydrogen (secondary N) is 2. The van der Waals surface area contributed by atoms with E-state index in [1.807, 2.05) is 38.1 Å². The predicted molar refractivity (Wildman–Crippen MR) is 210 cm³/mol. The topological polar surface area (TPSA) is 72.9 Å². The summed E-state index contributed by atoms with van der Waals surface area (Å²) in [5.41, 5.74) is 4.60. The fourth-order valence-corrected chi connectivity index (χ4v) is 7.64. The van der Waals surface area contributed by atoms with Crippen molar-refractivity contribution >= 4 is 11.6 Å². The highest BCUT2D eigenvalue weighted by atomic mass is 19.4. The molecule has 2 aliphatic rings. The lowest BCUT2D eigenvalue weighted by Gasteiger charge is -2.22. The molecule has 0 radical (unpaired) electrons. The van der Waals surface area contributed by atoms with Crippen molar-refractivity contribution in [1.29, 1.82) is 10.8 Å². The number of aromatic nitrogens is 1. The van der Waals surface area contributed by atoms with Gasteiger partial charge in [-0.25, -0.2) is 0 Å². The van der Waals surface area contributed by atoms with Gasteiger partial charge in [-0.3, -0.25) is 20.2 Å². The Bertz CT molecular complexity index is 1880. The van der Waals surface area contributed by atoms with Gasteiger partial charge in [0, 0.05) is 24.6 Å². The number of pyridine rings is 1. The van der Waals surface area contributed by atoms with Crippen molar-refractivity contribution in [2.75, 3.05) is 20.1 Å². The Kier molecular flexibility index (Phi) is 14.7. The van der Waals surface area contributed by atoms with Crippen LogP contribution in [-0.4, -0.2) is 41.2 Å². The third-order valence-corrected chi connectivity index (χ3v) is 11.2. The molecule has 284 valence electrons. The molecule has 0 bridgehead atoms. The van der Waals surface area contributed by atoms with Crippen molar-refractivity contribution in [2.45, 2.75) is 98.6 Å². The van der Waals surface area contributed by atoms with Crippen LogP contribution in [0.25, 0.3) is 0 Å². The van der Waals surface area contributed by atoms with E-state index >= 15 is 0 Å². The molecule has 2 heterocycles. The normalized spacial score (nSPS) is 21.4. The standard InChI is InChI=1S/C45H57F3N4O/c1-8-11-31(4)44-33(6)32(5)26-39(28-38(44)19-21-43(50)52-29-34(9-2)15-20-42(52)49)41(53)13-10-12-35-14-16-37(40(27-35)45(46,47)48)18-17-36-23-25-51(7)24-22-30(36)3/h8,11,14-16,20,26-27,29-30,32-33,36,49-50H,4,9-10,12-13,17-18,22-25,28H2,1-3,5-7H3. The lowest BCUT2D eigenvalue weighted by atomic mass is 9.83. The summed E-state index contributed by atoms with van der Waals surface area (Å²) in [6, 6.07) is 8.26. The van der Waals surface area contributed by atoms with Crippen LogP contribution in [0.1, 0.15) is 95.4 Å². The van der Waals surface area contributed by atoms with Crippen molar-refractivity contribution in [3.05, 3.63) is 111 Å². The van der Waals surface area contributed by atoms with Crippen molar-refractivity contribution < 1.29 is 18.0 Å². The molecule has 5 nitrogen and oxygen atoms in total. The minimum Gasteiger partial charge on any atom is -0.306 e. The van der Waals surface area contributed by atoms with E-state index in [9.17, 15) is 18.0 Å². The number of carbonyl (C=O) groups is 1. The van der Waals surface area contributed by atoms with E-state index in [-0.39, 0.29) is 41.8 Å². The summed E-state index contributed by atoms with van der Waals surface area (Å²) in [5.74, 6) is 6.97. The third kappa shape index (κ3) is 11.1. The smallest absolute Gasteiger partial charge is 0.306 e. The molecule has 4 rings (SSSR count). The van der Waals surface area contributed by atoms with Crippen LogP contribution in [0.4, 0.5) is 13.2 Å². The maximum Gasteiger partial charge on any atom is 0.416 e. The lowest BCUT2D eigenvalue weighted by Crippen LogP contribution is -2.25. The highest BCUT2D eigenvalue weighted by Gasteiger charge is 2.34. The number of benzene rings is 1. The molecule has 4 unspecified atom stereocenters. The Balaban J connectivity index is 1.51. The Morgan fingerprint density at radius 1 is 1.08 bits per heavy atom. The van der Waals surface area contributed by atoms with Gasteiger partial charge in [-0.1, -0.05) is 76.6 Å². The number of allylic oxidation sites excluding steroid dienone is 7. The van der Waals surface area contributed by atoms with E-state index in [0.717, 1.165) is 55.5 Å². The van der Waals surface area contributed by atoms with Crippen LogP contribution < -0.4 is 5.49 Å². The Morgan fingerprint density at radius 2 is 1.79 bits per heavy atom. The molecular formula is C45H57F3N4O. The number of alkyl halides is 3. The summed E-state index contributed by atoms with van der Waals surface area (Å²) in [6.45, 7) is 16.6. The second kappa shape index (κ2) is 18.7. The van der Waals surface area contributed by atoms with Gasteiger partial charge in [-0.15, -0.1) is 0 Å². The van der Waals surface area contributed by atoms with E-state index < -0.39 is 11.7 Å². The molecule has 1 saturated heterocycles. The first kappa shape index (κ1) is 41.5. The van der Waals surface area contributed by atoms with Gasteiger partial charge in [0.15, 0.2) is 11.6 Å². The van der Waals surface area contributed by atoms with Crippen LogP contribution in [0.5, 0.6) is 0 Å². The van der Waals surface area contributed by atoms with Gasteiger partial charge in [0.05, 0.1) is 5.56 Å². The van der Waals surface area contributed by atoms with Gasteiger partial charge in [0.2, 0.25) is 0 Å². The Hall–Kier alpha value is -4.22. The monoisotopic (exact) mass is 726 g/mol. The van der Waals surface area contributed by atoms with Crippen LogP contribution in [0.15, 0.2) is 83.6 Å². The van der Waals surface area contributed by atoms with Gasteiger partial charge < -0.3 is 4.90 Å². The number of Topliss-reactive ketones (excluding diaryl/α,β-unsaturated/α-hetero) is 1. The van der Waals surface area contributed by atoms with E-state index in [2.05, 4.69) is 51.1 Å². The highest BCUT2D eigenvalue weighted by molar-refractivity contribution is 5.99. The molecule has 1 fully saturated rings. The largest absolute Gasteiger partial charge is 0.416 e. The number of hydrogen-bond donors (Lipinski definition) is 2. The summed E-state index contributed by atoms with van der Waals surface area (Å²) in [4.78, 5) is 16.1. The molecule has 53 heavy (non-hydrogen) atoms. The molecule has 4 atom stereocenters. The van der Waals surface area contributed by atoms with Gasteiger partial charge in [-0.2, -0.15) is 13.2 Å². The molecule has 1 aromatic carbocycles. The summed E-state index contributed by atoms with van der Waals surface area (Å²) < 4.78 is 44.4. The SMILES string of the molecule is C=C(C=CC)C1=C(C#CC(=N)n2cc(CC)ccc2=N)CC(C(=O)CCCc2ccc(CCC3CCN(C)CCC3C)c(C(F)(F)F)c2)=CC(C)C1C. The Labute approximate surface area is 314 Å². The van der Waals surface area contributed by atoms with E-state index in [1.165, 1.54) is 10.6 Å². The summed E-state index contributed by atoms with van der Waals surface area (Å²) in [6.07, 6.45) is 8.43. The predicted octanol–water partition coefficient (Wildman–Crippen LogP) is 9.91. The van der Waals surface area contributed by atoms with Gasteiger partial charge in [0.25, 0.3) is 0 Å². The number of aryl methyl sites for hydroxylation is 3. The first-order valence-electron chi connectivity index (χ1n) is 19.2. The van der Waals surface area contributed by atoms with Crippen molar-refractivity contribution in [2.24, 2.45) is 23.7 Å². The molecule has 0 amide bonds. The van der Waals surface area contributed by atoms with Crippen LogP contribution in [0.2, 0.25) is 0 Å². The first-order chi connectivity index (χ1) is 25.1. The zero-order valence-electron chi connectivity index (χ0n) is 32.4. The average molecular weight is 727 g/mol.